The molecule has 0 aliphatic carbocycles. The van der Waals surface area contributed by atoms with Gasteiger partial charge in [0.2, 0.25) is 0 Å². The summed E-state index contributed by atoms with van der Waals surface area (Å²) in [6, 6.07) is 0.267. The van der Waals surface area contributed by atoms with Crippen LogP contribution >= 0.6 is 0 Å². The minimum Gasteiger partial charge on any atom is -0.443 e. The second-order valence-electron chi connectivity index (χ2n) is 5.02. The van der Waals surface area contributed by atoms with E-state index in [2.05, 4.69) is 26.1 Å². The average molecular weight is 198 g/mol. The molecule has 0 saturated carbocycles. The number of fused-ring (bicyclic) bond motifs is 1. The fourth-order valence-corrected chi connectivity index (χ4v) is 2.32. The molecule has 2 rings (SSSR count). The lowest BCUT2D eigenvalue weighted by Crippen LogP contribution is -2.53. The molecule has 0 aromatic rings. The van der Waals surface area contributed by atoms with Crippen LogP contribution < -0.4 is 5.32 Å². The van der Waals surface area contributed by atoms with Gasteiger partial charge in [-0.2, -0.15) is 0 Å². The molecule has 0 aromatic heterocycles. The lowest BCUT2D eigenvalue weighted by Gasteiger charge is -2.37. The molecule has 2 heterocycles. The Morgan fingerprint density at radius 3 is 2.86 bits per heavy atom. The minimum atomic E-state index is -0.156. The average Bonchev–Trinajstić information content (AvgIpc) is 2.38. The van der Waals surface area contributed by atoms with Crippen molar-refractivity contribution in [1.82, 2.24) is 10.2 Å². The fourth-order valence-electron chi connectivity index (χ4n) is 2.32. The molecule has 0 radical (unpaired) electrons. The third kappa shape index (κ3) is 1.47. The number of hydrogen-bond acceptors (Lipinski definition) is 3. The van der Waals surface area contributed by atoms with E-state index < -0.39 is 0 Å². The van der Waals surface area contributed by atoms with E-state index in [1.165, 1.54) is 0 Å². The zero-order valence-electron chi connectivity index (χ0n) is 9.04. The molecule has 14 heavy (non-hydrogen) atoms. The lowest BCUT2D eigenvalue weighted by atomic mass is 9.97. The van der Waals surface area contributed by atoms with Crippen LogP contribution in [0.3, 0.4) is 0 Å². The van der Waals surface area contributed by atoms with Gasteiger partial charge in [0.1, 0.15) is 6.10 Å². The first-order valence-corrected chi connectivity index (χ1v) is 5.21. The molecule has 0 spiro atoms. The summed E-state index contributed by atoms with van der Waals surface area (Å²) in [7, 11) is 0. The number of carbonyl (C=O) groups excluding carboxylic acids is 1. The molecule has 0 aromatic carbocycles. The monoisotopic (exact) mass is 198 g/mol. The van der Waals surface area contributed by atoms with E-state index in [0.717, 1.165) is 19.5 Å². The maximum absolute atomic E-state index is 11.7. The van der Waals surface area contributed by atoms with Crippen LogP contribution in [0.25, 0.3) is 0 Å². The number of hydrogen-bond donors (Lipinski definition) is 1. The van der Waals surface area contributed by atoms with Crippen LogP contribution in [0.5, 0.6) is 0 Å². The highest BCUT2D eigenvalue weighted by atomic mass is 16.6. The second kappa shape index (κ2) is 3.12. The molecule has 2 aliphatic heterocycles. The summed E-state index contributed by atoms with van der Waals surface area (Å²) >= 11 is 0. The summed E-state index contributed by atoms with van der Waals surface area (Å²) in [4.78, 5) is 13.6. The Labute approximate surface area is 84.6 Å². The summed E-state index contributed by atoms with van der Waals surface area (Å²) in [6.07, 6.45) is 0.889. The molecule has 4 nitrogen and oxygen atoms in total. The number of nitrogens with zero attached hydrogens (tertiary/aromatic N) is 1. The largest absolute Gasteiger partial charge is 0.443 e. The van der Waals surface area contributed by atoms with Crippen molar-refractivity contribution in [2.24, 2.45) is 0 Å². The van der Waals surface area contributed by atoms with Crippen LogP contribution in [-0.4, -0.2) is 41.8 Å². The Morgan fingerprint density at radius 2 is 2.21 bits per heavy atom. The van der Waals surface area contributed by atoms with E-state index in [-0.39, 0.29) is 23.8 Å². The first kappa shape index (κ1) is 9.77. The molecule has 0 bridgehead atoms. The van der Waals surface area contributed by atoms with Crippen molar-refractivity contribution < 1.29 is 9.53 Å². The highest BCUT2D eigenvalue weighted by molar-refractivity contribution is 5.71. The Morgan fingerprint density at radius 1 is 1.50 bits per heavy atom. The number of piperidine rings is 1. The van der Waals surface area contributed by atoms with E-state index >= 15 is 0 Å². The highest BCUT2D eigenvalue weighted by Gasteiger charge is 2.47. The Kier molecular flexibility index (Phi) is 2.18. The van der Waals surface area contributed by atoms with Gasteiger partial charge in [0.15, 0.2) is 0 Å². The molecule has 2 unspecified atom stereocenters. The van der Waals surface area contributed by atoms with Gasteiger partial charge in [0.25, 0.3) is 0 Å². The molecule has 1 N–H and O–H groups in total. The number of carbonyl (C=O) groups is 1. The SMILES string of the molecule is CC(C)(C)N1C(=O)OC2CNCCC21. The van der Waals surface area contributed by atoms with Crippen LogP contribution in [0.2, 0.25) is 0 Å². The number of amides is 1. The first-order chi connectivity index (χ1) is 6.50. The van der Waals surface area contributed by atoms with Crippen molar-refractivity contribution in [2.75, 3.05) is 13.1 Å². The standard InChI is InChI=1S/C10H18N2O2/c1-10(2,3)12-7-4-5-11-6-8(7)14-9(12)13/h7-8,11H,4-6H2,1-3H3. The summed E-state index contributed by atoms with van der Waals surface area (Å²) in [5, 5.41) is 3.24. The second-order valence-corrected chi connectivity index (χ2v) is 5.02. The van der Waals surface area contributed by atoms with Crippen LogP contribution in [0.15, 0.2) is 0 Å². The third-order valence-electron chi connectivity index (χ3n) is 2.89. The Hall–Kier alpha value is -0.770. The predicted molar refractivity (Wildman–Crippen MR) is 53.1 cm³/mol. The van der Waals surface area contributed by atoms with E-state index in [0.29, 0.717) is 0 Å². The van der Waals surface area contributed by atoms with Gasteiger partial charge in [-0.05, 0) is 33.7 Å². The van der Waals surface area contributed by atoms with Gasteiger partial charge < -0.3 is 10.1 Å². The number of ether oxygens (including phenoxy) is 1. The quantitative estimate of drug-likeness (QED) is 0.630. The normalized spacial score (nSPS) is 32.8. The molecule has 2 saturated heterocycles. The van der Waals surface area contributed by atoms with Crippen LogP contribution in [0.1, 0.15) is 27.2 Å². The van der Waals surface area contributed by atoms with Gasteiger partial charge in [-0.1, -0.05) is 0 Å². The van der Waals surface area contributed by atoms with Crippen LogP contribution in [0, 0.1) is 0 Å². The number of nitrogens with one attached hydrogen (secondary N) is 1. The molecule has 2 fully saturated rings. The van der Waals surface area contributed by atoms with Gasteiger partial charge in [0, 0.05) is 12.1 Å². The maximum Gasteiger partial charge on any atom is 0.410 e. The summed E-state index contributed by atoms with van der Waals surface area (Å²) < 4.78 is 5.33. The highest BCUT2D eigenvalue weighted by Crippen LogP contribution is 2.30. The van der Waals surface area contributed by atoms with Crippen molar-refractivity contribution >= 4 is 6.09 Å². The molecule has 4 heteroatoms. The lowest BCUT2D eigenvalue weighted by molar-refractivity contribution is 0.120. The molecular formula is C10H18N2O2. The molecule has 2 aliphatic rings. The third-order valence-corrected chi connectivity index (χ3v) is 2.89. The van der Waals surface area contributed by atoms with Gasteiger partial charge in [-0.3, -0.25) is 4.90 Å². The van der Waals surface area contributed by atoms with Crippen molar-refractivity contribution in [2.45, 2.75) is 44.9 Å². The Balaban J connectivity index is 2.20. The minimum absolute atomic E-state index is 0.0514. The van der Waals surface area contributed by atoms with Crippen molar-refractivity contribution in [1.29, 1.82) is 0 Å². The van der Waals surface area contributed by atoms with Crippen molar-refractivity contribution in [3.63, 3.8) is 0 Å². The Bertz CT molecular complexity index is 247. The van der Waals surface area contributed by atoms with Crippen molar-refractivity contribution in [3.8, 4) is 0 Å². The summed E-state index contributed by atoms with van der Waals surface area (Å²) in [6.45, 7) is 7.93. The van der Waals surface area contributed by atoms with Crippen molar-refractivity contribution in [3.05, 3.63) is 0 Å². The van der Waals surface area contributed by atoms with E-state index in [1.807, 2.05) is 4.90 Å². The molecular weight excluding hydrogens is 180 g/mol. The van der Waals surface area contributed by atoms with Crippen LogP contribution in [0.4, 0.5) is 4.79 Å². The van der Waals surface area contributed by atoms with E-state index in [1.54, 1.807) is 0 Å². The van der Waals surface area contributed by atoms with Gasteiger partial charge in [-0.15, -0.1) is 0 Å². The molecule has 80 valence electrons. The molecule has 2 atom stereocenters. The van der Waals surface area contributed by atoms with Gasteiger partial charge in [0.05, 0.1) is 6.04 Å². The zero-order chi connectivity index (χ0) is 10.3. The smallest absolute Gasteiger partial charge is 0.410 e. The van der Waals surface area contributed by atoms with E-state index in [9.17, 15) is 4.79 Å². The number of rotatable bonds is 0. The predicted octanol–water partition coefficient (Wildman–Crippen LogP) is 0.968. The fraction of sp³-hybridized carbons (Fsp3) is 0.900. The van der Waals surface area contributed by atoms with E-state index in [4.69, 9.17) is 4.74 Å². The topological polar surface area (TPSA) is 41.6 Å². The summed E-state index contributed by atoms with van der Waals surface area (Å²) in [5.74, 6) is 0. The van der Waals surface area contributed by atoms with Crippen LogP contribution in [-0.2, 0) is 4.74 Å². The zero-order valence-corrected chi connectivity index (χ0v) is 9.04. The first-order valence-electron chi connectivity index (χ1n) is 5.21. The maximum atomic E-state index is 11.7. The summed E-state index contributed by atoms with van der Waals surface area (Å²) in [5.41, 5.74) is -0.131. The molecule has 1 amide bonds. The van der Waals surface area contributed by atoms with Gasteiger partial charge in [-0.25, -0.2) is 4.79 Å². The van der Waals surface area contributed by atoms with Gasteiger partial charge >= 0.3 is 6.09 Å².